The quantitative estimate of drug-likeness (QED) is 0.817. The normalized spacial score (nSPS) is 13.0. The Hall–Kier alpha value is -0.120. The molecule has 0 saturated carbocycles. The highest BCUT2D eigenvalue weighted by molar-refractivity contribution is 9.10. The lowest BCUT2D eigenvalue weighted by molar-refractivity contribution is 0.619. The maximum atomic E-state index is 13.1. The van der Waals surface area contributed by atoms with Crippen molar-refractivity contribution in [1.82, 2.24) is 0 Å². The molecule has 13 heavy (non-hydrogen) atoms. The van der Waals surface area contributed by atoms with Crippen molar-refractivity contribution < 1.29 is 4.39 Å². The molecule has 0 amide bonds. The molecule has 1 aromatic carbocycles. The molecule has 0 heterocycles. The van der Waals surface area contributed by atoms with Crippen LogP contribution in [0.3, 0.4) is 0 Å². The van der Waals surface area contributed by atoms with Crippen molar-refractivity contribution >= 4 is 27.5 Å². The Morgan fingerprint density at radius 3 is 2.69 bits per heavy atom. The third-order valence-corrected chi connectivity index (χ3v) is 2.78. The zero-order valence-corrected chi connectivity index (χ0v) is 9.49. The lowest BCUT2D eigenvalue weighted by atomic mass is 10.0. The molecule has 2 N–H and O–H groups in total. The predicted molar refractivity (Wildman–Crippen MR) is 56.6 cm³/mol. The zero-order chi connectivity index (χ0) is 10.0. The lowest BCUT2D eigenvalue weighted by Gasteiger charge is -2.10. The van der Waals surface area contributed by atoms with Crippen molar-refractivity contribution in [3.05, 3.63) is 33.0 Å². The van der Waals surface area contributed by atoms with Crippen molar-refractivity contribution in [1.29, 1.82) is 0 Å². The number of hydrogen-bond acceptors (Lipinski definition) is 1. The fourth-order valence-corrected chi connectivity index (χ4v) is 1.82. The summed E-state index contributed by atoms with van der Waals surface area (Å²) in [6, 6.07) is 3.32. The first-order valence-corrected chi connectivity index (χ1v) is 5.08. The smallest absolute Gasteiger partial charge is 0.155 e. The Bertz CT molecular complexity index is 293. The maximum absolute atomic E-state index is 13.1. The second-order valence-corrected chi connectivity index (χ2v) is 4.20. The van der Waals surface area contributed by atoms with E-state index >= 15 is 0 Å². The van der Waals surface area contributed by atoms with Gasteiger partial charge in [-0.15, -0.1) is 0 Å². The lowest BCUT2D eigenvalue weighted by Crippen LogP contribution is -2.09. The van der Waals surface area contributed by atoms with E-state index in [1.807, 2.05) is 6.92 Å². The number of rotatable bonds is 2. The van der Waals surface area contributed by atoms with Gasteiger partial charge in [-0.2, -0.15) is 0 Å². The van der Waals surface area contributed by atoms with Gasteiger partial charge in [0.05, 0.1) is 9.50 Å². The number of hydrogen-bond donors (Lipinski definition) is 1. The molecule has 1 nitrogen and oxygen atoms in total. The Morgan fingerprint density at radius 1 is 1.62 bits per heavy atom. The van der Waals surface area contributed by atoms with Gasteiger partial charge in [0.2, 0.25) is 0 Å². The van der Waals surface area contributed by atoms with Crippen LogP contribution < -0.4 is 5.73 Å². The summed E-state index contributed by atoms with van der Waals surface area (Å²) in [5, 5.41) is 0.129. The van der Waals surface area contributed by atoms with Crippen LogP contribution in [0.5, 0.6) is 0 Å². The molecule has 0 aromatic heterocycles. The van der Waals surface area contributed by atoms with E-state index in [1.165, 1.54) is 0 Å². The van der Waals surface area contributed by atoms with Crippen LogP contribution in [0.25, 0.3) is 0 Å². The summed E-state index contributed by atoms with van der Waals surface area (Å²) in [6.45, 7) is 2.49. The average Bonchev–Trinajstić information content (AvgIpc) is 2.12. The fraction of sp³-hybridized carbons (Fsp3) is 0.333. The predicted octanol–water partition coefficient (Wildman–Crippen LogP) is 3.30. The SMILES string of the molecule is CC(CN)c1cc(Cl)c(F)c(Br)c1. The number of nitrogens with two attached hydrogens (primary N) is 1. The molecule has 0 aliphatic carbocycles. The molecule has 0 aliphatic rings. The fourth-order valence-electron chi connectivity index (χ4n) is 0.996. The first-order chi connectivity index (χ1) is 6.06. The monoisotopic (exact) mass is 265 g/mol. The topological polar surface area (TPSA) is 26.0 Å². The van der Waals surface area contributed by atoms with Gasteiger partial charge in [0.25, 0.3) is 0 Å². The molecule has 1 aromatic rings. The van der Waals surface area contributed by atoms with Crippen molar-refractivity contribution in [2.75, 3.05) is 6.54 Å². The zero-order valence-electron chi connectivity index (χ0n) is 7.15. The molecule has 72 valence electrons. The summed E-state index contributed by atoms with van der Waals surface area (Å²) in [6.07, 6.45) is 0. The van der Waals surface area contributed by atoms with Crippen molar-refractivity contribution in [3.63, 3.8) is 0 Å². The van der Waals surface area contributed by atoms with Crippen LogP contribution in [0.15, 0.2) is 16.6 Å². The third kappa shape index (κ3) is 2.42. The third-order valence-electron chi connectivity index (χ3n) is 1.93. The summed E-state index contributed by atoms with van der Waals surface area (Å²) in [4.78, 5) is 0. The largest absolute Gasteiger partial charge is 0.330 e. The van der Waals surface area contributed by atoms with Crippen LogP contribution in [-0.4, -0.2) is 6.54 Å². The molecule has 0 bridgehead atoms. The van der Waals surface area contributed by atoms with Gasteiger partial charge in [-0.05, 0) is 46.1 Å². The molecule has 0 saturated heterocycles. The van der Waals surface area contributed by atoms with Gasteiger partial charge in [0, 0.05) is 0 Å². The van der Waals surface area contributed by atoms with Gasteiger partial charge < -0.3 is 5.73 Å². The van der Waals surface area contributed by atoms with Crippen LogP contribution in [0.1, 0.15) is 18.4 Å². The van der Waals surface area contributed by atoms with E-state index in [4.69, 9.17) is 17.3 Å². The van der Waals surface area contributed by atoms with Crippen LogP contribution in [0.4, 0.5) is 4.39 Å². The summed E-state index contributed by atoms with van der Waals surface area (Å²) < 4.78 is 13.5. The van der Waals surface area contributed by atoms with Gasteiger partial charge in [0.15, 0.2) is 5.82 Å². The Morgan fingerprint density at radius 2 is 2.23 bits per heavy atom. The highest BCUT2D eigenvalue weighted by atomic mass is 79.9. The molecule has 0 radical (unpaired) electrons. The molecule has 0 spiro atoms. The molecule has 1 atom stereocenters. The summed E-state index contributed by atoms with van der Waals surface area (Å²) in [7, 11) is 0. The summed E-state index contributed by atoms with van der Waals surface area (Å²) in [5.74, 6) is -0.232. The first kappa shape index (κ1) is 11.0. The standard InChI is InChI=1S/C9H10BrClFN/c1-5(4-13)6-2-7(10)9(12)8(11)3-6/h2-3,5H,4,13H2,1H3. The Balaban J connectivity index is 3.13. The minimum absolute atomic E-state index is 0.129. The highest BCUT2D eigenvalue weighted by Gasteiger charge is 2.10. The van der Waals surface area contributed by atoms with Crippen LogP contribution in [-0.2, 0) is 0 Å². The molecule has 0 aliphatic heterocycles. The minimum atomic E-state index is -0.422. The molecule has 1 rings (SSSR count). The van der Waals surface area contributed by atoms with Crippen molar-refractivity contribution in [2.24, 2.45) is 5.73 Å². The van der Waals surface area contributed by atoms with Crippen molar-refractivity contribution in [2.45, 2.75) is 12.8 Å². The second kappa shape index (κ2) is 4.40. The van der Waals surface area contributed by atoms with E-state index in [2.05, 4.69) is 15.9 Å². The van der Waals surface area contributed by atoms with Gasteiger partial charge in [-0.25, -0.2) is 4.39 Å². The molecule has 1 unspecified atom stereocenters. The van der Waals surface area contributed by atoms with Gasteiger partial charge in [-0.1, -0.05) is 18.5 Å². The Labute approximate surface area is 90.2 Å². The summed E-state index contributed by atoms with van der Waals surface area (Å²) >= 11 is 8.77. The van der Waals surface area contributed by atoms with E-state index in [-0.39, 0.29) is 10.9 Å². The summed E-state index contributed by atoms with van der Waals surface area (Å²) in [5.41, 5.74) is 6.44. The van der Waals surface area contributed by atoms with E-state index in [1.54, 1.807) is 12.1 Å². The van der Waals surface area contributed by atoms with Gasteiger partial charge >= 0.3 is 0 Å². The van der Waals surface area contributed by atoms with Gasteiger partial charge in [0.1, 0.15) is 0 Å². The second-order valence-electron chi connectivity index (χ2n) is 2.94. The van der Waals surface area contributed by atoms with E-state index in [9.17, 15) is 4.39 Å². The van der Waals surface area contributed by atoms with Crippen molar-refractivity contribution in [3.8, 4) is 0 Å². The van der Waals surface area contributed by atoms with Crippen LogP contribution in [0.2, 0.25) is 5.02 Å². The van der Waals surface area contributed by atoms with E-state index in [0.717, 1.165) is 5.56 Å². The average molecular weight is 267 g/mol. The molecule has 4 heteroatoms. The first-order valence-electron chi connectivity index (χ1n) is 3.90. The maximum Gasteiger partial charge on any atom is 0.155 e. The molecular weight excluding hydrogens is 256 g/mol. The van der Waals surface area contributed by atoms with Crippen LogP contribution in [0, 0.1) is 5.82 Å². The van der Waals surface area contributed by atoms with E-state index < -0.39 is 5.82 Å². The Kier molecular flexibility index (Phi) is 3.71. The molecular formula is C9H10BrClFN. The number of benzene rings is 1. The van der Waals surface area contributed by atoms with Crippen LogP contribution >= 0.6 is 27.5 Å². The molecule has 0 fully saturated rings. The van der Waals surface area contributed by atoms with E-state index in [0.29, 0.717) is 11.0 Å². The number of halogens is 3. The minimum Gasteiger partial charge on any atom is -0.330 e. The van der Waals surface area contributed by atoms with Gasteiger partial charge in [-0.3, -0.25) is 0 Å². The highest BCUT2D eigenvalue weighted by Crippen LogP contribution is 2.28.